The van der Waals surface area contributed by atoms with Gasteiger partial charge in [-0.2, -0.15) is 11.8 Å². The van der Waals surface area contributed by atoms with E-state index in [4.69, 9.17) is 4.74 Å². The van der Waals surface area contributed by atoms with Gasteiger partial charge in [0.1, 0.15) is 5.75 Å². The average molecular weight is 324 g/mol. The largest absolute Gasteiger partial charge is 0.496 e. The predicted octanol–water partition coefficient (Wildman–Crippen LogP) is 2.52. The van der Waals surface area contributed by atoms with Crippen molar-refractivity contribution in [1.82, 2.24) is 15.6 Å². The third kappa shape index (κ3) is 5.75. The lowest BCUT2D eigenvalue weighted by atomic mass is 10.1. The Hall–Kier alpha value is -1.43. The van der Waals surface area contributed by atoms with Crippen LogP contribution in [0, 0.1) is 13.8 Å². The van der Waals surface area contributed by atoms with Crippen LogP contribution in [0.5, 0.6) is 5.75 Å². The Morgan fingerprint density at radius 1 is 1.32 bits per heavy atom. The fourth-order valence-electron chi connectivity index (χ4n) is 2.22. The van der Waals surface area contributed by atoms with E-state index in [0.29, 0.717) is 6.54 Å². The molecule has 0 amide bonds. The van der Waals surface area contributed by atoms with Crippen molar-refractivity contribution in [2.75, 3.05) is 32.7 Å². The zero-order chi connectivity index (χ0) is 16.4. The molecule has 0 aliphatic heterocycles. The summed E-state index contributed by atoms with van der Waals surface area (Å²) in [6, 6.07) is 0. The number of nitrogens with zero attached hydrogens (tertiary/aromatic N) is 2. The number of aromatic nitrogens is 1. The van der Waals surface area contributed by atoms with Crippen LogP contribution in [0.15, 0.2) is 11.2 Å². The Morgan fingerprint density at radius 2 is 2.09 bits per heavy atom. The minimum absolute atomic E-state index is 0.632. The molecule has 0 saturated heterocycles. The number of ether oxygens (including phenoxy) is 1. The molecule has 0 bridgehead atoms. The molecule has 0 aliphatic carbocycles. The van der Waals surface area contributed by atoms with E-state index >= 15 is 0 Å². The molecule has 0 saturated carbocycles. The fraction of sp³-hybridized carbons (Fsp3) is 0.625. The number of aryl methyl sites for hydroxylation is 1. The molecule has 1 heterocycles. The molecule has 2 N–H and O–H groups in total. The van der Waals surface area contributed by atoms with Crippen LogP contribution in [0.1, 0.15) is 29.7 Å². The van der Waals surface area contributed by atoms with E-state index in [9.17, 15) is 0 Å². The van der Waals surface area contributed by atoms with E-state index in [-0.39, 0.29) is 0 Å². The second-order valence-electron chi connectivity index (χ2n) is 5.10. The average Bonchev–Trinajstić information content (AvgIpc) is 2.52. The molecule has 0 atom stereocenters. The van der Waals surface area contributed by atoms with E-state index in [1.165, 1.54) is 12.2 Å². The Morgan fingerprint density at radius 3 is 2.73 bits per heavy atom. The van der Waals surface area contributed by atoms with Crippen molar-refractivity contribution >= 4 is 17.7 Å². The second-order valence-corrected chi connectivity index (χ2v) is 6.08. The summed E-state index contributed by atoms with van der Waals surface area (Å²) in [5, 5.41) is 6.63. The van der Waals surface area contributed by atoms with Gasteiger partial charge in [-0.15, -0.1) is 0 Å². The molecule has 0 aromatic carbocycles. The zero-order valence-corrected chi connectivity index (χ0v) is 15.1. The Balaban J connectivity index is 2.50. The molecule has 0 fully saturated rings. The van der Waals surface area contributed by atoms with Gasteiger partial charge in [0.2, 0.25) is 0 Å². The number of rotatable bonds is 8. The quantitative estimate of drug-likeness (QED) is 0.437. The zero-order valence-electron chi connectivity index (χ0n) is 14.3. The van der Waals surface area contributed by atoms with Crippen LogP contribution in [-0.2, 0) is 6.54 Å². The molecular weight excluding hydrogens is 296 g/mol. The van der Waals surface area contributed by atoms with Gasteiger partial charge >= 0.3 is 0 Å². The maximum absolute atomic E-state index is 5.44. The van der Waals surface area contributed by atoms with Crippen molar-refractivity contribution in [2.24, 2.45) is 4.99 Å². The second kappa shape index (κ2) is 10.3. The number of guanidine groups is 1. The van der Waals surface area contributed by atoms with E-state index < -0.39 is 0 Å². The Bertz CT molecular complexity index is 491. The predicted molar refractivity (Wildman–Crippen MR) is 96.1 cm³/mol. The molecular formula is C16H28N4OS. The topological polar surface area (TPSA) is 58.5 Å². The van der Waals surface area contributed by atoms with Crippen molar-refractivity contribution in [2.45, 2.75) is 33.2 Å². The van der Waals surface area contributed by atoms with Crippen molar-refractivity contribution < 1.29 is 4.74 Å². The lowest BCUT2D eigenvalue weighted by Gasteiger charge is -2.15. The van der Waals surface area contributed by atoms with Crippen LogP contribution in [0.2, 0.25) is 0 Å². The maximum atomic E-state index is 5.44. The molecule has 0 unspecified atom stereocenters. The first-order valence-corrected chi connectivity index (χ1v) is 8.96. The maximum Gasteiger partial charge on any atom is 0.191 e. The van der Waals surface area contributed by atoms with Gasteiger partial charge in [-0.05, 0) is 38.7 Å². The third-order valence-corrected chi connectivity index (χ3v) is 4.16. The van der Waals surface area contributed by atoms with Gasteiger partial charge in [-0.3, -0.25) is 9.98 Å². The van der Waals surface area contributed by atoms with Crippen molar-refractivity contribution in [3.05, 3.63) is 23.0 Å². The first kappa shape index (κ1) is 18.6. The van der Waals surface area contributed by atoms with E-state index in [1.807, 2.05) is 31.8 Å². The van der Waals surface area contributed by atoms with Crippen LogP contribution in [0.3, 0.4) is 0 Å². The molecule has 1 rings (SSSR count). The standard InChI is InChI=1S/C16H28N4OS/c1-12-10-19-14(13(2)15(12)21-4)11-20-16(17-3)18-8-6-7-9-22-5/h10H,6-9,11H2,1-5H3,(H2,17,18,20). The highest BCUT2D eigenvalue weighted by atomic mass is 32.2. The van der Waals surface area contributed by atoms with Gasteiger partial charge < -0.3 is 15.4 Å². The lowest BCUT2D eigenvalue weighted by Crippen LogP contribution is -2.37. The number of nitrogens with one attached hydrogen (secondary N) is 2. The van der Waals surface area contributed by atoms with Crippen LogP contribution in [-0.4, -0.2) is 43.7 Å². The summed E-state index contributed by atoms with van der Waals surface area (Å²) in [4.78, 5) is 8.73. The minimum atomic E-state index is 0.632. The summed E-state index contributed by atoms with van der Waals surface area (Å²) in [7, 11) is 3.48. The molecule has 0 aliphatic rings. The van der Waals surface area contributed by atoms with E-state index in [0.717, 1.165) is 41.5 Å². The van der Waals surface area contributed by atoms with E-state index in [1.54, 1.807) is 14.2 Å². The number of thioether (sulfide) groups is 1. The molecule has 0 spiro atoms. The Labute approximate surface area is 138 Å². The lowest BCUT2D eigenvalue weighted by molar-refractivity contribution is 0.406. The van der Waals surface area contributed by atoms with Crippen LogP contribution in [0.25, 0.3) is 0 Å². The van der Waals surface area contributed by atoms with Crippen LogP contribution < -0.4 is 15.4 Å². The molecule has 0 radical (unpaired) electrons. The fourth-order valence-corrected chi connectivity index (χ4v) is 2.71. The molecule has 22 heavy (non-hydrogen) atoms. The molecule has 5 nitrogen and oxygen atoms in total. The number of hydrogen-bond acceptors (Lipinski definition) is 4. The minimum Gasteiger partial charge on any atom is -0.496 e. The normalized spacial score (nSPS) is 11.4. The van der Waals surface area contributed by atoms with Crippen LogP contribution in [0.4, 0.5) is 0 Å². The van der Waals surface area contributed by atoms with Crippen LogP contribution >= 0.6 is 11.8 Å². The van der Waals surface area contributed by atoms with Gasteiger partial charge in [-0.25, -0.2) is 0 Å². The summed E-state index contributed by atoms with van der Waals surface area (Å²) in [6.07, 6.45) is 6.36. The number of unbranched alkanes of at least 4 members (excludes halogenated alkanes) is 1. The Kier molecular flexibility index (Phi) is 8.74. The summed E-state index contributed by atoms with van der Waals surface area (Å²) >= 11 is 1.89. The molecule has 124 valence electrons. The first-order valence-electron chi connectivity index (χ1n) is 7.56. The molecule has 1 aromatic rings. The molecule has 1 aromatic heterocycles. The number of pyridine rings is 1. The monoisotopic (exact) mass is 324 g/mol. The van der Waals surface area contributed by atoms with Gasteiger partial charge in [-0.1, -0.05) is 0 Å². The van der Waals surface area contributed by atoms with Crippen molar-refractivity contribution in [1.29, 1.82) is 0 Å². The number of aliphatic imine (C=N–C) groups is 1. The SMILES string of the molecule is CN=C(NCCCCSC)NCc1ncc(C)c(OC)c1C. The van der Waals surface area contributed by atoms with Gasteiger partial charge in [0.15, 0.2) is 5.96 Å². The van der Waals surface area contributed by atoms with E-state index in [2.05, 4.69) is 26.9 Å². The number of methoxy groups -OCH3 is 1. The smallest absolute Gasteiger partial charge is 0.191 e. The summed E-state index contributed by atoms with van der Waals surface area (Å²) < 4.78 is 5.44. The summed E-state index contributed by atoms with van der Waals surface area (Å²) in [5.74, 6) is 2.93. The highest BCUT2D eigenvalue weighted by molar-refractivity contribution is 7.98. The third-order valence-electron chi connectivity index (χ3n) is 3.46. The first-order chi connectivity index (χ1) is 10.6. The number of hydrogen-bond donors (Lipinski definition) is 2. The molecule has 6 heteroatoms. The summed E-state index contributed by atoms with van der Waals surface area (Å²) in [5.41, 5.74) is 3.11. The van der Waals surface area contributed by atoms with Crippen molar-refractivity contribution in [3.63, 3.8) is 0 Å². The highest BCUT2D eigenvalue weighted by Gasteiger charge is 2.09. The highest BCUT2D eigenvalue weighted by Crippen LogP contribution is 2.23. The van der Waals surface area contributed by atoms with Gasteiger partial charge in [0, 0.05) is 30.9 Å². The summed E-state index contributed by atoms with van der Waals surface area (Å²) in [6.45, 7) is 5.61. The van der Waals surface area contributed by atoms with Gasteiger partial charge in [0.05, 0.1) is 19.3 Å². The van der Waals surface area contributed by atoms with Crippen molar-refractivity contribution in [3.8, 4) is 5.75 Å². The van der Waals surface area contributed by atoms with Gasteiger partial charge in [0.25, 0.3) is 0 Å².